The fraction of sp³-hybridized carbons (Fsp3) is 1.00. The average molecular weight is 193 g/mol. The predicted octanol–water partition coefficient (Wildman–Crippen LogP) is 3.60. The molecule has 0 nitrogen and oxygen atoms in total. The molecular weight excluding hydrogens is 176 g/mol. The first-order valence-corrected chi connectivity index (χ1v) is 4.78. The molecule has 9 heavy (non-hydrogen) atoms. The van der Waals surface area contributed by atoms with Gasteiger partial charge in [0, 0.05) is 4.83 Å². The third-order valence-electron chi connectivity index (χ3n) is 1.75. The summed E-state index contributed by atoms with van der Waals surface area (Å²) in [6, 6.07) is 0. The van der Waals surface area contributed by atoms with Gasteiger partial charge in [-0.3, -0.25) is 0 Å². The lowest BCUT2D eigenvalue weighted by atomic mass is 10.0. The third-order valence-corrected chi connectivity index (χ3v) is 3.30. The van der Waals surface area contributed by atoms with E-state index in [4.69, 9.17) is 0 Å². The Morgan fingerprint density at radius 1 is 1.33 bits per heavy atom. The summed E-state index contributed by atoms with van der Waals surface area (Å²) < 4.78 is 0. The van der Waals surface area contributed by atoms with Crippen molar-refractivity contribution in [3.8, 4) is 0 Å². The van der Waals surface area contributed by atoms with E-state index in [1.54, 1.807) is 0 Å². The molecule has 0 aliphatic heterocycles. The number of hydrogen-bond donors (Lipinski definition) is 0. The van der Waals surface area contributed by atoms with Crippen LogP contribution in [0.5, 0.6) is 0 Å². The van der Waals surface area contributed by atoms with E-state index in [0.717, 1.165) is 10.7 Å². The highest BCUT2D eigenvalue weighted by atomic mass is 79.9. The summed E-state index contributed by atoms with van der Waals surface area (Å²) in [7, 11) is 0. The molecule has 0 unspecified atom stereocenters. The summed E-state index contributed by atoms with van der Waals surface area (Å²) in [6.07, 6.45) is 3.91. The van der Waals surface area contributed by atoms with Crippen LogP contribution in [0.4, 0.5) is 0 Å². The van der Waals surface area contributed by atoms with Gasteiger partial charge < -0.3 is 0 Å². The normalized spacial score (nSPS) is 17.3. The van der Waals surface area contributed by atoms with Gasteiger partial charge in [0.05, 0.1) is 0 Å². The highest BCUT2D eigenvalue weighted by molar-refractivity contribution is 9.09. The summed E-state index contributed by atoms with van der Waals surface area (Å²) in [5.74, 6) is 0.847. The molecule has 0 heterocycles. The van der Waals surface area contributed by atoms with Gasteiger partial charge in [-0.15, -0.1) is 0 Å². The summed E-state index contributed by atoms with van der Waals surface area (Å²) in [6.45, 7) is 6.78. The lowest BCUT2D eigenvalue weighted by molar-refractivity contribution is 0.499. The van der Waals surface area contributed by atoms with Gasteiger partial charge >= 0.3 is 0 Å². The van der Waals surface area contributed by atoms with Crippen molar-refractivity contribution in [3.63, 3.8) is 0 Å². The Bertz CT molecular complexity index is 61.6. The highest BCUT2D eigenvalue weighted by Gasteiger charge is 2.09. The fourth-order valence-corrected chi connectivity index (χ4v) is 1.30. The van der Waals surface area contributed by atoms with Gasteiger partial charge in [-0.05, 0) is 18.8 Å². The molecular formula is C8H17Br. The number of hydrogen-bond acceptors (Lipinski definition) is 0. The zero-order valence-electron chi connectivity index (χ0n) is 6.65. The van der Waals surface area contributed by atoms with Crippen molar-refractivity contribution < 1.29 is 0 Å². The fourth-order valence-electron chi connectivity index (χ4n) is 1.04. The van der Waals surface area contributed by atoms with Crippen LogP contribution in [0, 0.1) is 5.92 Å². The molecule has 0 N–H and O–H groups in total. The Labute approximate surface area is 67.2 Å². The van der Waals surface area contributed by atoms with Crippen LogP contribution in [-0.2, 0) is 0 Å². The van der Waals surface area contributed by atoms with E-state index in [1.807, 2.05) is 0 Å². The molecule has 0 amide bonds. The molecule has 56 valence electrons. The second-order valence-electron chi connectivity index (χ2n) is 2.69. The maximum atomic E-state index is 3.64. The van der Waals surface area contributed by atoms with Crippen LogP contribution >= 0.6 is 15.9 Å². The van der Waals surface area contributed by atoms with E-state index in [2.05, 4.69) is 36.7 Å². The topological polar surface area (TPSA) is 0 Å². The van der Waals surface area contributed by atoms with Gasteiger partial charge in [-0.25, -0.2) is 0 Å². The Hall–Kier alpha value is 0.480. The Kier molecular flexibility index (Phi) is 5.56. The van der Waals surface area contributed by atoms with Gasteiger partial charge in [0.1, 0.15) is 0 Å². The minimum absolute atomic E-state index is 0.734. The summed E-state index contributed by atoms with van der Waals surface area (Å²) in [5.41, 5.74) is 0. The molecule has 0 aromatic rings. The first kappa shape index (κ1) is 9.48. The van der Waals surface area contributed by atoms with Crippen LogP contribution < -0.4 is 0 Å². The summed E-state index contributed by atoms with van der Waals surface area (Å²) >= 11 is 3.64. The Morgan fingerprint density at radius 3 is 2.22 bits per heavy atom. The minimum atomic E-state index is 0.734. The van der Waals surface area contributed by atoms with Crippen molar-refractivity contribution in [2.24, 2.45) is 5.92 Å². The largest absolute Gasteiger partial charge is 0.0888 e. The van der Waals surface area contributed by atoms with E-state index in [9.17, 15) is 0 Å². The maximum absolute atomic E-state index is 3.64. The van der Waals surface area contributed by atoms with Crippen LogP contribution in [-0.4, -0.2) is 4.83 Å². The first-order chi connectivity index (χ1) is 4.22. The molecule has 0 aromatic carbocycles. The predicted molar refractivity (Wildman–Crippen MR) is 47.1 cm³/mol. The van der Waals surface area contributed by atoms with Crippen LogP contribution in [0.25, 0.3) is 0 Å². The van der Waals surface area contributed by atoms with Gasteiger partial charge in [0.25, 0.3) is 0 Å². The third kappa shape index (κ3) is 3.96. The number of alkyl halides is 1. The van der Waals surface area contributed by atoms with E-state index >= 15 is 0 Å². The quantitative estimate of drug-likeness (QED) is 0.598. The van der Waals surface area contributed by atoms with Gasteiger partial charge in [0.2, 0.25) is 0 Å². The van der Waals surface area contributed by atoms with E-state index in [0.29, 0.717) is 0 Å². The van der Waals surface area contributed by atoms with E-state index in [-0.39, 0.29) is 0 Å². The van der Waals surface area contributed by atoms with Crippen LogP contribution in [0.2, 0.25) is 0 Å². The van der Waals surface area contributed by atoms with Gasteiger partial charge in [-0.2, -0.15) is 0 Å². The SMILES string of the molecule is CCC[C@H](C)[C@@H](Br)CC. The van der Waals surface area contributed by atoms with Gasteiger partial charge in [0.15, 0.2) is 0 Å². The van der Waals surface area contributed by atoms with Crippen molar-refractivity contribution in [1.82, 2.24) is 0 Å². The lowest BCUT2D eigenvalue weighted by Gasteiger charge is -2.14. The molecule has 1 heteroatoms. The first-order valence-electron chi connectivity index (χ1n) is 3.86. The second kappa shape index (κ2) is 5.28. The van der Waals surface area contributed by atoms with Gasteiger partial charge in [-0.1, -0.05) is 43.1 Å². The van der Waals surface area contributed by atoms with Crippen molar-refractivity contribution in [3.05, 3.63) is 0 Å². The molecule has 0 bridgehead atoms. The molecule has 0 saturated heterocycles. The molecule has 0 spiro atoms. The molecule has 0 fully saturated rings. The van der Waals surface area contributed by atoms with Crippen molar-refractivity contribution in [2.75, 3.05) is 0 Å². The standard InChI is InChI=1S/C8H17Br/c1-4-6-7(3)8(9)5-2/h7-8H,4-6H2,1-3H3/t7-,8-/m0/s1. The smallest absolute Gasteiger partial charge is 0.0168 e. The average Bonchev–Trinajstić information content (AvgIpc) is 1.87. The zero-order chi connectivity index (χ0) is 7.28. The van der Waals surface area contributed by atoms with Crippen LogP contribution in [0.3, 0.4) is 0 Å². The number of rotatable bonds is 4. The summed E-state index contributed by atoms with van der Waals surface area (Å²) in [5, 5.41) is 0. The van der Waals surface area contributed by atoms with Crippen molar-refractivity contribution in [2.45, 2.75) is 44.9 Å². The molecule has 0 radical (unpaired) electrons. The Balaban J connectivity index is 3.32. The highest BCUT2D eigenvalue weighted by Crippen LogP contribution is 2.20. The monoisotopic (exact) mass is 192 g/mol. The zero-order valence-corrected chi connectivity index (χ0v) is 8.24. The summed E-state index contributed by atoms with van der Waals surface area (Å²) in [4.78, 5) is 0.734. The van der Waals surface area contributed by atoms with Crippen LogP contribution in [0.15, 0.2) is 0 Å². The molecule has 0 aromatic heterocycles. The molecule has 0 rings (SSSR count). The minimum Gasteiger partial charge on any atom is -0.0888 e. The molecule has 2 atom stereocenters. The second-order valence-corrected chi connectivity index (χ2v) is 3.87. The number of halogens is 1. The molecule has 0 aliphatic carbocycles. The van der Waals surface area contributed by atoms with E-state index < -0.39 is 0 Å². The van der Waals surface area contributed by atoms with Crippen molar-refractivity contribution in [1.29, 1.82) is 0 Å². The molecule has 0 aliphatic rings. The Morgan fingerprint density at radius 2 is 1.89 bits per heavy atom. The maximum Gasteiger partial charge on any atom is 0.0168 e. The van der Waals surface area contributed by atoms with E-state index in [1.165, 1.54) is 19.3 Å². The van der Waals surface area contributed by atoms with Crippen molar-refractivity contribution >= 4 is 15.9 Å². The molecule has 0 saturated carbocycles. The lowest BCUT2D eigenvalue weighted by Crippen LogP contribution is -2.08. The van der Waals surface area contributed by atoms with Crippen LogP contribution in [0.1, 0.15) is 40.0 Å².